The summed E-state index contributed by atoms with van der Waals surface area (Å²) in [5.74, 6) is 0. The minimum absolute atomic E-state index is 0.311. The molecule has 0 saturated heterocycles. The first kappa shape index (κ1) is 6.56. The summed E-state index contributed by atoms with van der Waals surface area (Å²) in [5, 5.41) is 8.48. The molecule has 0 radical (unpaired) electrons. The normalized spacial score (nSPS) is 16.3. The molecule has 0 aromatic heterocycles. The lowest BCUT2D eigenvalue weighted by atomic mass is 10.2. The molecule has 0 heterocycles. The summed E-state index contributed by atoms with van der Waals surface area (Å²) in [6.45, 7) is 0.311. The van der Waals surface area contributed by atoms with Gasteiger partial charge in [0.2, 0.25) is 0 Å². The van der Waals surface area contributed by atoms with Gasteiger partial charge in [-0.25, -0.2) is 0 Å². The average molecular weight is 124 g/mol. The summed E-state index contributed by atoms with van der Waals surface area (Å²) in [7, 11) is 0. The Bertz CT molecular complexity index is 134. The molecule has 1 aliphatic rings. The minimum atomic E-state index is 0.311. The minimum Gasteiger partial charge on any atom is -0.396 e. The van der Waals surface area contributed by atoms with Crippen LogP contribution in [-0.2, 0) is 0 Å². The number of allylic oxidation sites excluding steroid dienone is 4. The lowest BCUT2D eigenvalue weighted by Gasteiger charge is -1.93. The number of rotatable bonds is 3. The van der Waals surface area contributed by atoms with Crippen LogP contribution in [0.25, 0.3) is 0 Å². The molecule has 0 amide bonds. The fraction of sp³-hybridized carbons (Fsp3) is 0.500. The maximum absolute atomic E-state index is 8.48. The second-order valence-corrected chi connectivity index (χ2v) is 2.24. The number of aliphatic hydroxyl groups is 1. The van der Waals surface area contributed by atoms with Crippen LogP contribution in [0.1, 0.15) is 19.3 Å². The zero-order valence-corrected chi connectivity index (χ0v) is 5.51. The van der Waals surface area contributed by atoms with Crippen molar-refractivity contribution in [3.05, 3.63) is 23.8 Å². The highest BCUT2D eigenvalue weighted by Gasteiger charge is 1.95. The standard InChI is InChI=1S/C8H12O/c9-7-3-6-8-4-1-2-5-8/h1,4-5,9H,2-3,6-7H2. The first-order valence-electron chi connectivity index (χ1n) is 3.40. The maximum Gasteiger partial charge on any atom is 0.0434 e. The van der Waals surface area contributed by atoms with Gasteiger partial charge in [-0.15, -0.1) is 0 Å². The van der Waals surface area contributed by atoms with Crippen molar-refractivity contribution in [3.8, 4) is 0 Å². The second kappa shape index (κ2) is 3.46. The summed E-state index contributed by atoms with van der Waals surface area (Å²) >= 11 is 0. The molecule has 1 rings (SSSR count). The third kappa shape index (κ3) is 2.02. The van der Waals surface area contributed by atoms with E-state index in [0.717, 1.165) is 19.3 Å². The van der Waals surface area contributed by atoms with Gasteiger partial charge in [0, 0.05) is 6.61 Å². The summed E-state index contributed by atoms with van der Waals surface area (Å²) < 4.78 is 0. The van der Waals surface area contributed by atoms with E-state index < -0.39 is 0 Å². The lowest BCUT2D eigenvalue weighted by Crippen LogP contribution is -1.82. The van der Waals surface area contributed by atoms with Crippen LogP contribution in [0.3, 0.4) is 0 Å². The molecule has 50 valence electrons. The molecule has 0 fully saturated rings. The monoisotopic (exact) mass is 124 g/mol. The van der Waals surface area contributed by atoms with Gasteiger partial charge in [0.25, 0.3) is 0 Å². The Hall–Kier alpha value is -0.560. The predicted molar refractivity (Wildman–Crippen MR) is 38.2 cm³/mol. The molecule has 1 aliphatic carbocycles. The third-order valence-corrected chi connectivity index (χ3v) is 1.47. The molecule has 0 saturated carbocycles. The van der Waals surface area contributed by atoms with Crippen molar-refractivity contribution in [2.24, 2.45) is 0 Å². The van der Waals surface area contributed by atoms with Gasteiger partial charge >= 0.3 is 0 Å². The Labute approximate surface area is 55.7 Å². The van der Waals surface area contributed by atoms with Crippen LogP contribution in [0.5, 0.6) is 0 Å². The maximum atomic E-state index is 8.48. The van der Waals surface area contributed by atoms with Crippen LogP contribution < -0.4 is 0 Å². The summed E-state index contributed by atoms with van der Waals surface area (Å²) in [5.41, 5.74) is 1.38. The largest absolute Gasteiger partial charge is 0.396 e. The molecule has 0 unspecified atom stereocenters. The molecule has 0 aromatic carbocycles. The summed E-state index contributed by atoms with van der Waals surface area (Å²) in [6, 6.07) is 0. The van der Waals surface area contributed by atoms with Gasteiger partial charge in [-0.2, -0.15) is 0 Å². The zero-order valence-electron chi connectivity index (χ0n) is 5.51. The van der Waals surface area contributed by atoms with E-state index >= 15 is 0 Å². The van der Waals surface area contributed by atoms with Crippen molar-refractivity contribution in [3.63, 3.8) is 0 Å². The van der Waals surface area contributed by atoms with Gasteiger partial charge in [-0.1, -0.05) is 23.8 Å². The van der Waals surface area contributed by atoms with Gasteiger partial charge in [-0.3, -0.25) is 0 Å². The van der Waals surface area contributed by atoms with E-state index in [1.807, 2.05) is 0 Å². The summed E-state index contributed by atoms with van der Waals surface area (Å²) in [6.07, 6.45) is 9.50. The lowest BCUT2D eigenvalue weighted by molar-refractivity contribution is 0.289. The molecule has 1 heteroatoms. The van der Waals surface area contributed by atoms with Crippen molar-refractivity contribution in [2.45, 2.75) is 19.3 Å². The SMILES string of the molecule is OCCCC1=CCC=C1. The number of hydrogen-bond donors (Lipinski definition) is 1. The van der Waals surface area contributed by atoms with Gasteiger partial charge in [0.15, 0.2) is 0 Å². The van der Waals surface area contributed by atoms with E-state index in [1.54, 1.807) is 0 Å². The molecule has 0 spiro atoms. The van der Waals surface area contributed by atoms with E-state index in [2.05, 4.69) is 18.2 Å². The van der Waals surface area contributed by atoms with E-state index in [-0.39, 0.29) is 0 Å². The Morgan fingerprint density at radius 2 is 2.44 bits per heavy atom. The van der Waals surface area contributed by atoms with Crippen LogP contribution in [0.2, 0.25) is 0 Å². The molecule has 1 nitrogen and oxygen atoms in total. The highest BCUT2D eigenvalue weighted by molar-refractivity contribution is 5.25. The van der Waals surface area contributed by atoms with Gasteiger partial charge in [-0.05, 0) is 19.3 Å². The third-order valence-electron chi connectivity index (χ3n) is 1.47. The van der Waals surface area contributed by atoms with Crippen molar-refractivity contribution in [1.29, 1.82) is 0 Å². The molecular weight excluding hydrogens is 112 g/mol. The molecule has 0 atom stereocenters. The van der Waals surface area contributed by atoms with Gasteiger partial charge < -0.3 is 5.11 Å². The van der Waals surface area contributed by atoms with Crippen LogP contribution >= 0.6 is 0 Å². The van der Waals surface area contributed by atoms with Crippen molar-refractivity contribution in [1.82, 2.24) is 0 Å². The zero-order chi connectivity index (χ0) is 6.53. The number of hydrogen-bond acceptors (Lipinski definition) is 1. The van der Waals surface area contributed by atoms with E-state index in [1.165, 1.54) is 5.57 Å². The molecule has 1 N–H and O–H groups in total. The van der Waals surface area contributed by atoms with E-state index in [9.17, 15) is 0 Å². The van der Waals surface area contributed by atoms with Crippen molar-refractivity contribution < 1.29 is 5.11 Å². The Morgan fingerprint density at radius 1 is 1.56 bits per heavy atom. The fourth-order valence-corrected chi connectivity index (χ4v) is 0.975. The fourth-order valence-electron chi connectivity index (χ4n) is 0.975. The van der Waals surface area contributed by atoms with Crippen LogP contribution in [-0.4, -0.2) is 11.7 Å². The quantitative estimate of drug-likeness (QED) is 0.606. The highest BCUT2D eigenvalue weighted by atomic mass is 16.2. The van der Waals surface area contributed by atoms with Crippen LogP contribution in [0, 0.1) is 0 Å². The Kier molecular flexibility index (Phi) is 2.52. The summed E-state index contributed by atoms with van der Waals surface area (Å²) in [4.78, 5) is 0. The molecule has 0 bridgehead atoms. The van der Waals surface area contributed by atoms with Crippen molar-refractivity contribution >= 4 is 0 Å². The molecule has 0 aromatic rings. The number of aliphatic hydroxyl groups excluding tert-OH is 1. The first-order chi connectivity index (χ1) is 4.43. The van der Waals surface area contributed by atoms with Gasteiger partial charge in [0.05, 0.1) is 0 Å². The molecule has 0 aliphatic heterocycles. The molecule has 9 heavy (non-hydrogen) atoms. The van der Waals surface area contributed by atoms with Crippen molar-refractivity contribution in [2.75, 3.05) is 6.61 Å². The first-order valence-corrected chi connectivity index (χ1v) is 3.40. The van der Waals surface area contributed by atoms with Crippen LogP contribution in [0.15, 0.2) is 23.8 Å². The Morgan fingerprint density at radius 3 is 3.00 bits per heavy atom. The predicted octanol–water partition coefficient (Wildman–Crippen LogP) is 1.65. The highest BCUT2D eigenvalue weighted by Crippen LogP contribution is 2.13. The average Bonchev–Trinajstić information content (AvgIpc) is 2.34. The van der Waals surface area contributed by atoms with Crippen LogP contribution in [0.4, 0.5) is 0 Å². The second-order valence-electron chi connectivity index (χ2n) is 2.24. The smallest absolute Gasteiger partial charge is 0.0434 e. The van der Waals surface area contributed by atoms with E-state index in [4.69, 9.17) is 5.11 Å². The van der Waals surface area contributed by atoms with Gasteiger partial charge in [0.1, 0.15) is 0 Å². The Balaban J connectivity index is 2.19. The van der Waals surface area contributed by atoms with E-state index in [0.29, 0.717) is 6.61 Å². The topological polar surface area (TPSA) is 20.2 Å². The molecular formula is C8H12O.